The Kier molecular flexibility index (Phi) is 3.43. The molecule has 1 aromatic carbocycles. The second kappa shape index (κ2) is 5.26. The molecule has 0 spiro atoms. The molecule has 2 aromatic rings. The first-order chi connectivity index (χ1) is 10.1. The molecule has 21 heavy (non-hydrogen) atoms. The zero-order valence-electron chi connectivity index (χ0n) is 12.5. The molecule has 3 rings (SSSR count). The van der Waals surface area contributed by atoms with Crippen LogP contribution in [0.5, 0.6) is 11.5 Å². The second-order valence-corrected chi connectivity index (χ2v) is 5.60. The lowest BCUT2D eigenvalue weighted by Gasteiger charge is -2.13. The molecule has 0 N–H and O–H groups in total. The molecular weight excluding hydrogens is 268 g/mol. The summed E-state index contributed by atoms with van der Waals surface area (Å²) in [4.78, 5) is 6.76. The highest BCUT2D eigenvalue weighted by Crippen LogP contribution is 2.36. The Hall–Kier alpha value is -2.26. The maximum atomic E-state index is 9.09. The smallest absolute Gasteiger partial charge is 0.231 e. The Balaban J connectivity index is 2.12. The summed E-state index contributed by atoms with van der Waals surface area (Å²) in [6.07, 6.45) is 0. The molecule has 1 atom stereocenters. The van der Waals surface area contributed by atoms with E-state index in [4.69, 9.17) is 19.7 Å². The van der Waals surface area contributed by atoms with Crippen LogP contribution in [-0.4, -0.2) is 35.3 Å². The number of hydrogen-bond donors (Lipinski definition) is 0. The molecule has 1 aromatic heterocycles. The number of rotatable bonds is 4. The first kappa shape index (κ1) is 13.7. The van der Waals surface area contributed by atoms with Crippen molar-refractivity contribution in [2.45, 2.75) is 20.0 Å². The molecule has 1 unspecified atom stereocenters. The van der Waals surface area contributed by atoms with Crippen molar-refractivity contribution in [1.82, 2.24) is 14.5 Å². The quantitative estimate of drug-likeness (QED) is 0.860. The normalized spacial score (nSPS) is 14.6. The van der Waals surface area contributed by atoms with Crippen molar-refractivity contribution < 1.29 is 9.47 Å². The van der Waals surface area contributed by atoms with Crippen LogP contribution in [0.2, 0.25) is 0 Å². The summed E-state index contributed by atoms with van der Waals surface area (Å²) >= 11 is 0. The molecular formula is C15H18N4O2. The molecule has 0 saturated heterocycles. The zero-order chi connectivity index (χ0) is 15.0. The topological polar surface area (TPSA) is 63.3 Å². The van der Waals surface area contributed by atoms with Crippen LogP contribution in [0.15, 0.2) is 12.1 Å². The minimum Gasteiger partial charge on any atom is -0.454 e. The van der Waals surface area contributed by atoms with E-state index in [2.05, 4.69) is 15.5 Å². The number of aromatic nitrogens is 2. The van der Waals surface area contributed by atoms with E-state index in [1.165, 1.54) is 0 Å². The van der Waals surface area contributed by atoms with Gasteiger partial charge in [-0.1, -0.05) is 0 Å². The third-order valence-electron chi connectivity index (χ3n) is 3.46. The highest BCUT2D eigenvalue weighted by atomic mass is 16.7. The van der Waals surface area contributed by atoms with Gasteiger partial charge in [-0.25, -0.2) is 4.98 Å². The third kappa shape index (κ3) is 2.52. The molecule has 0 radical (unpaired) electrons. The van der Waals surface area contributed by atoms with Crippen molar-refractivity contribution in [3.8, 4) is 17.6 Å². The zero-order valence-corrected chi connectivity index (χ0v) is 12.5. The Bertz CT molecular complexity index is 715. The average Bonchev–Trinajstić information content (AvgIpc) is 3.00. The predicted octanol–water partition coefficient (Wildman–Crippen LogP) is 1.99. The molecule has 1 aliphatic heterocycles. The van der Waals surface area contributed by atoms with Gasteiger partial charge in [0, 0.05) is 18.7 Å². The summed E-state index contributed by atoms with van der Waals surface area (Å²) in [6, 6.07) is 6.14. The summed E-state index contributed by atoms with van der Waals surface area (Å²) in [6.45, 7) is 3.51. The molecule has 110 valence electrons. The van der Waals surface area contributed by atoms with Gasteiger partial charge < -0.3 is 18.9 Å². The van der Waals surface area contributed by atoms with Crippen LogP contribution in [0.4, 0.5) is 0 Å². The van der Waals surface area contributed by atoms with Crippen LogP contribution in [0.25, 0.3) is 11.0 Å². The van der Waals surface area contributed by atoms with E-state index in [1.54, 1.807) is 0 Å². The van der Waals surface area contributed by atoms with E-state index < -0.39 is 0 Å². The first-order valence-corrected chi connectivity index (χ1v) is 6.91. The Morgan fingerprint density at radius 3 is 2.76 bits per heavy atom. The van der Waals surface area contributed by atoms with Crippen molar-refractivity contribution in [3.63, 3.8) is 0 Å². The number of nitrogens with zero attached hydrogens (tertiary/aromatic N) is 4. The van der Waals surface area contributed by atoms with Gasteiger partial charge in [0.25, 0.3) is 0 Å². The van der Waals surface area contributed by atoms with Crippen LogP contribution in [-0.2, 0) is 13.1 Å². The number of ether oxygens (including phenoxy) is 2. The molecule has 6 nitrogen and oxygen atoms in total. The van der Waals surface area contributed by atoms with Gasteiger partial charge in [-0.3, -0.25) is 0 Å². The number of nitriles is 1. The molecule has 0 saturated carbocycles. The van der Waals surface area contributed by atoms with Gasteiger partial charge in [0.2, 0.25) is 6.79 Å². The van der Waals surface area contributed by atoms with E-state index in [0.717, 1.165) is 34.9 Å². The number of fused-ring (bicyclic) bond motifs is 2. The average molecular weight is 286 g/mol. The lowest BCUT2D eigenvalue weighted by Crippen LogP contribution is -2.17. The SMILES string of the molecule is CC(C#N)Cn1c(CN(C)C)nc2cc3c(cc21)OCO3. The van der Waals surface area contributed by atoms with Gasteiger partial charge in [-0.05, 0) is 21.0 Å². The van der Waals surface area contributed by atoms with Crippen LogP contribution >= 0.6 is 0 Å². The van der Waals surface area contributed by atoms with Crippen LogP contribution in [0.3, 0.4) is 0 Å². The summed E-state index contributed by atoms with van der Waals surface area (Å²) < 4.78 is 13.0. The predicted molar refractivity (Wildman–Crippen MR) is 78.0 cm³/mol. The van der Waals surface area contributed by atoms with Gasteiger partial charge in [-0.2, -0.15) is 5.26 Å². The summed E-state index contributed by atoms with van der Waals surface area (Å²) in [7, 11) is 4.01. The van der Waals surface area contributed by atoms with Crippen molar-refractivity contribution in [1.29, 1.82) is 5.26 Å². The van der Waals surface area contributed by atoms with Crippen molar-refractivity contribution >= 4 is 11.0 Å². The van der Waals surface area contributed by atoms with E-state index in [0.29, 0.717) is 6.54 Å². The maximum Gasteiger partial charge on any atom is 0.231 e. The van der Waals surface area contributed by atoms with Crippen molar-refractivity contribution in [2.24, 2.45) is 5.92 Å². The first-order valence-electron chi connectivity index (χ1n) is 6.91. The fourth-order valence-electron chi connectivity index (χ4n) is 2.49. The van der Waals surface area contributed by atoms with Crippen molar-refractivity contribution in [2.75, 3.05) is 20.9 Å². The number of hydrogen-bond acceptors (Lipinski definition) is 5. The van der Waals surface area contributed by atoms with E-state index >= 15 is 0 Å². The molecule has 2 heterocycles. The number of benzene rings is 1. The third-order valence-corrected chi connectivity index (χ3v) is 3.46. The summed E-state index contributed by atoms with van der Waals surface area (Å²) in [5.74, 6) is 2.34. The molecule has 1 aliphatic rings. The summed E-state index contributed by atoms with van der Waals surface area (Å²) in [5, 5.41) is 9.09. The minimum absolute atomic E-state index is 0.0752. The standard InChI is InChI=1S/C15H18N4O2/c1-10(6-16)7-19-12-5-14-13(20-9-21-14)4-11(12)17-15(19)8-18(2)3/h4-5,10H,7-9H2,1-3H3. The second-order valence-electron chi connectivity index (χ2n) is 5.60. The minimum atomic E-state index is -0.0752. The fourth-order valence-corrected chi connectivity index (χ4v) is 2.49. The van der Waals surface area contributed by atoms with Crippen LogP contribution in [0.1, 0.15) is 12.7 Å². The van der Waals surface area contributed by atoms with Gasteiger partial charge in [0.05, 0.1) is 29.6 Å². The number of imidazole rings is 1. The van der Waals surface area contributed by atoms with Crippen LogP contribution in [0, 0.1) is 17.2 Å². The molecule has 0 fully saturated rings. The van der Waals surface area contributed by atoms with Gasteiger partial charge in [-0.15, -0.1) is 0 Å². The Morgan fingerprint density at radius 1 is 1.38 bits per heavy atom. The molecule has 6 heteroatoms. The van der Waals surface area contributed by atoms with E-state index in [9.17, 15) is 0 Å². The largest absolute Gasteiger partial charge is 0.454 e. The molecule has 0 bridgehead atoms. The van der Waals surface area contributed by atoms with Gasteiger partial charge in [0.1, 0.15) is 5.82 Å². The Morgan fingerprint density at radius 2 is 2.10 bits per heavy atom. The van der Waals surface area contributed by atoms with E-state index in [1.807, 2.05) is 33.2 Å². The van der Waals surface area contributed by atoms with Gasteiger partial charge in [0.15, 0.2) is 11.5 Å². The highest BCUT2D eigenvalue weighted by Gasteiger charge is 2.20. The van der Waals surface area contributed by atoms with Crippen LogP contribution < -0.4 is 9.47 Å². The monoisotopic (exact) mass is 286 g/mol. The molecule has 0 amide bonds. The molecule has 0 aliphatic carbocycles. The maximum absolute atomic E-state index is 9.09. The fraction of sp³-hybridized carbons (Fsp3) is 0.467. The van der Waals surface area contributed by atoms with Crippen molar-refractivity contribution in [3.05, 3.63) is 18.0 Å². The highest BCUT2D eigenvalue weighted by molar-refractivity contribution is 5.81. The van der Waals surface area contributed by atoms with E-state index in [-0.39, 0.29) is 12.7 Å². The lowest BCUT2D eigenvalue weighted by molar-refractivity contribution is 0.174. The Labute approximate surface area is 123 Å². The summed E-state index contributed by atoms with van der Waals surface area (Å²) in [5.41, 5.74) is 1.86. The lowest BCUT2D eigenvalue weighted by atomic mass is 10.2. The van der Waals surface area contributed by atoms with Gasteiger partial charge >= 0.3 is 0 Å².